The summed E-state index contributed by atoms with van der Waals surface area (Å²) >= 11 is 0. The first-order valence-corrected chi connectivity index (χ1v) is 9.42. The van der Waals surface area contributed by atoms with E-state index in [1.165, 1.54) is 7.11 Å². The molecule has 7 nitrogen and oxygen atoms in total. The number of ether oxygens (including phenoxy) is 1. The van der Waals surface area contributed by atoms with Crippen molar-refractivity contribution >= 4 is 34.5 Å². The molecule has 2 aliphatic heterocycles. The van der Waals surface area contributed by atoms with Crippen LogP contribution < -0.4 is 4.90 Å². The lowest BCUT2D eigenvalue weighted by atomic mass is 9.87. The molecule has 1 N–H and O–H groups in total. The van der Waals surface area contributed by atoms with Crippen molar-refractivity contribution in [1.29, 1.82) is 0 Å². The average Bonchev–Trinajstić information content (AvgIpc) is 3.22. The van der Waals surface area contributed by atoms with Gasteiger partial charge in [0.2, 0.25) is 0 Å². The molecule has 0 unspecified atom stereocenters. The molecule has 7 heteroatoms. The Morgan fingerprint density at radius 1 is 1.10 bits per heavy atom. The summed E-state index contributed by atoms with van der Waals surface area (Å²) in [5.41, 5.74) is 1.99. The summed E-state index contributed by atoms with van der Waals surface area (Å²) in [5.74, 6) is -0.978. The highest BCUT2D eigenvalue weighted by molar-refractivity contribution is 6.25. The lowest BCUT2D eigenvalue weighted by molar-refractivity contribution is -0.125. The van der Waals surface area contributed by atoms with Crippen LogP contribution in [-0.2, 0) is 21.5 Å². The summed E-state index contributed by atoms with van der Waals surface area (Å²) in [6, 6.07) is 14.0. The Morgan fingerprint density at radius 2 is 1.83 bits per heavy atom. The van der Waals surface area contributed by atoms with Gasteiger partial charge in [0.1, 0.15) is 0 Å². The van der Waals surface area contributed by atoms with Crippen molar-refractivity contribution in [2.24, 2.45) is 0 Å². The Kier molecular flexibility index (Phi) is 3.58. The smallest absolute Gasteiger partial charge is 0.339 e. The Balaban J connectivity index is 1.69. The molecule has 5 rings (SSSR count). The number of benzene rings is 2. The molecule has 2 aromatic carbocycles. The first kappa shape index (κ1) is 17.5. The fraction of sp³-hybridized carbons (Fsp3) is 0.227. The molecule has 3 amide bonds. The number of esters is 1. The Bertz CT molecular complexity index is 1200. The molecule has 29 heavy (non-hydrogen) atoms. The predicted molar refractivity (Wildman–Crippen MR) is 107 cm³/mol. The predicted octanol–water partition coefficient (Wildman–Crippen LogP) is 3.19. The van der Waals surface area contributed by atoms with Crippen molar-refractivity contribution in [3.8, 4) is 0 Å². The van der Waals surface area contributed by atoms with Gasteiger partial charge in [0.05, 0.1) is 24.1 Å². The molecule has 0 aliphatic carbocycles. The van der Waals surface area contributed by atoms with Gasteiger partial charge in [0, 0.05) is 17.4 Å². The molecule has 0 bridgehead atoms. The fourth-order valence-corrected chi connectivity index (χ4v) is 4.56. The second kappa shape index (κ2) is 5.94. The lowest BCUT2D eigenvalue weighted by Crippen LogP contribution is -2.49. The van der Waals surface area contributed by atoms with E-state index in [0.29, 0.717) is 13.0 Å². The molecule has 0 spiro atoms. The minimum Gasteiger partial charge on any atom is -0.465 e. The van der Waals surface area contributed by atoms with Gasteiger partial charge >= 0.3 is 12.0 Å². The number of fused-ring (bicyclic) bond motifs is 5. The Morgan fingerprint density at radius 3 is 2.62 bits per heavy atom. The maximum atomic E-state index is 13.7. The number of carbonyl (C=O) groups is 3. The summed E-state index contributed by atoms with van der Waals surface area (Å²) in [5, 5.41) is 1.07. The molecule has 1 atom stereocenters. The van der Waals surface area contributed by atoms with Gasteiger partial charge in [0.25, 0.3) is 5.91 Å². The zero-order valence-corrected chi connectivity index (χ0v) is 16.1. The summed E-state index contributed by atoms with van der Waals surface area (Å²) in [6.07, 6.45) is 0.653. The van der Waals surface area contributed by atoms with Crippen molar-refractivity contribution in [3.05, 3.63) is 65.4 Å². The second-order valence-electron chi connectivity index (χ2n) is 7.43. The molecule has 0 saturated carbocycles. The van der Waals surface area contributed by atoms with Crippen LogP contribution in [0, 0.1) is 0 Å². The number of amides is 3. The van der Waals surface area contributed by atoms with Gasteiger partial charge in [0.15, 0.2) is 5.54 Å². The number of hydrogen-bond donors (Lipinski definition) is 1. The molecule has 0 radical (unpaired) electrons. The van der Waals surface area contributed by atoms with Crippen LogP contribution in [0.5, 0.6) is 0 Å². The molecule has 3 heterocycles. The van der Waals surface area contributed by atoms with Crippen LogP contribution in [0.1, 0.15) is 28.5 Å². The van der Waals surface area contributed by atoms with E-state index < -0.39 is 17.5 Å². The number of rotatable bonds is 2. The van der Waals surface area contributed by atoms with Gasteiger partial charge in [-0.25, -0.2) is 14.5 Å². The summed E-state index contributed by atoms with van der Waals surface area (Å²) < 4.78 is 4.84. The number of anilines is 1. The third kappa shape index (κ3) is 2.15. The number of hydrogen-bond acceptors (Lipinski definition) is 4. The van der Waals surface area contributed by atoms with Gasteiger partial charge in [-0.15, -0.1) is 0 Å². The van der Waals surface area contributed by atoms with E-state index in [1.54, 1.807) is 36.1 Å². The minimum absolute atomic E-state index is 0.178. The third-order valence-corrected chi connectivity index (χ3v) is 6.02. The van der Waals surface area contributed by atoms with E-state index in [-0.39, 0.29) is 17.2 Å². The normalized spacial score (nSPS) is 20.8. The van der Waals surface area contributed by atoms with Gasteiger partial charge in [-0.1, -0.05) is 30.3 Å². The molecule has 3 aromatic rings. The molecule has 2 aliphatic rings. The lowest BCUT2D eigenvalue weighted by Gasteiger charge is -2.35. The largest absolute Gasteiger partial charge is 0.465 e. The maximum Gasteiger partial charge on any atom is 0.339 e. The SMILES string of the molecule is COC(=O)c1ccccc1N1C(=O)N2CCc3c([nH]c4ccccc34)[C@@]2(C)C1=O. The minimum atomic E-state index is -1.16. The number of methoxy groups -OCH3 is 1. The summed E-state index contributed by atoms with van der Waals surface area (Å²) in [6.45, 7) is 2.19. The standard InChI is InChI=1S/C22H19N3O4/c1-22-18-14(13-7-3-5-9-16(13)23-18)11-12-24(22)21(28)25(20(22)27)17-10-6-4-8-15(17)19(26)29-2/h3-10,23H,11-12H2,1-2H3/t22-/m0/s1. The zero-order chi connectivity index (χ0) is 20.3. The summed E-state index contributed by atoms with van der Waals surface area (Å²) in [4.78, 5) is 45.3. The van der Waals surface area contributed by atoms with Gasteiger partial charge in [-0.2, -0.15) is 0 Å². The first-order valence-electron chi connectivity index (χ1n) is 9.42. The van der Waals surface area contributed by atoms with E-state index >= 15 is 0 Å². The third-order valence-electron chi connectivity index (χ3n) is 6.02. The van der Waals surface area contributed by atoms with Crippen molar-refractivity contribution in [2.75, 3.05) is 18.6 Å². The molecule has 1 aromatic heterocycles. The topological polar surface area (TPSA) is 82.7 Å². The highest BCUT2D eigenvalue weighted by Gasteiger charge is 2.59. The van der Waals surface area contributed by atoms with Crippen molar-refractivity contribution in [1.82, 2.24) is 9.88 Å². The number of nitrogens with one attached hydrogen (secondary N) is 1. The van der Waals surface area contributed by atoms with Crippen molar-refractivity contribution in [3.63, 3.8) is 0 Å². The van der Waals surface area contributed by atoms with Gasteiger partial charge in [-0.05, 0) is 37.1 Å². The number of aromatic amines is 1. The van der Waals surface area contributed by atoms with E-state index in [0.717, 1.165) is 27.1 Å². The quantitative estimate of drug-likeness (QED) is 0.539. The number of nitrogens with zero attached hydrogens (tertiary/aromatic N) is 2. The van der Waals surface area contributed by atoms with Crippen LogP contribution in [0.25, 0.3) is 10.9 Å². The summed E-state index contributed by atoms with van der Waals surface area (Å²) in [7, 11) is 1.27. The van der Waals surface area contributed by atoms with Crippen LogP contribution >= 0.6 is 0 Å². The molecular weight excluding hydrogens is 370 g/mol. The van der Waals surface area contributed by atoms with E-state index in [1.807, 2.05) is 24.3 Å². The fourth-order valence-electron chi connectivity index (χ4n) is 4.56. The number of urea groups is 1. The Labute approximate surface area is 166 Å². The molecular formula is C22H19N3O4. The number of para-hydroxylation sites is 2. The zero-order valence-electron chi connectivity index (χ0n) is 16.1. The molecule has 146 valence electrons. The number of carbonyl (C=O) groups excluding carboxylic acids is 3. The van der Waals surface area contributed by atoms with Crippen LogP contribution in [0.15, 0.2) is 48.5 Å². The maximum absolute atomic E-state index is 13.7. The highest BCUT2D eigenvalue weighted by Crippen LogP contribution is 2.45. The van der Waals surface area contributed by atoms with E-state index in [2.05, 4.69) is 4.98 Å². The van der Waals surface area contributed by atoms with Crippen molar-refractivity contribution < 1.29 is 19.1 Å². The molecule has 1 fully saturated rings. The van der Waals surface area contributed by atoms with E-state index in [9.17, 15) is 14.4 Å². The van der Waals surface area contributed by atoms with Crippen LogP contribution in [0.2, 0.25) is 0 Å². The van der Waals surface area contributed by atoms with Crippen LogP contribution in [-0.4, -0.2) is 41.4 Å². The number of H-pyrrole nitrogens is 1. The number of aromatic nitrogens is 1. The Hall–Kier alpha value is -3.61. The average molecular weight is 389 g/mol. The number of imide groups is 1. The first-order chi connectivity index (χ1) is 14.0. The van der Waals surface area contributed by atoms with Gasteiger partial charge in [-0.3, -0.25) is 4.79 Å². The molecule has 1 saturated heterocycles. The van der Waals surface area contributed by atoms with Gasteiger partial charge < -0.3 is 14.6 Å². The monoisotopic (exact) mass is 389 g/mol. The second-order valence-corrected chi connectivity index (χ2v) is 7.43. The van der Waals surface area contributed by atoms with Crippen molar-refractivity contribution in [2.45, 2.75) is 18.9 Å². The highest BCUT2D eigenvalue weighted by atomic mass is 16.5. The van der Waals surface area contributed by atoms with Crippen LogP contribution in [0.4, 0.5) is 10.5 Å². The van der Waals surface area contributed by atoms with Crippen LogP contribution in [0.3, 0.4) is 0 Å². The van der Waals surface area contributed by atoms with E-state index in [4.69, 9.17) is 4.74 Å².